The molecule has 1 unspecified atom stereocenters. The first-order chi connectivity index (χ1) is 5.83. The van der Waals surface area contributed by atoms with Crippen LogP contribution in [0.1, 0.15) is 12.0 Å². The van der Waals surface area contributed by atoms with Gasteiger partial charge in [-0.25, -0.2) is 0 Å². The van der Waals surface area contributed by atoms with E-state index in [2.05, 4.69) is 4.98 Å². The normalized spacial score (nSPS) is 10.6. The molecule has 1 atom stereocenters. The molecule has 3 nitrogen and oxygen atoms in total. The van der Waals surface area contributed by atoms with Crippen molar-refractivity contribution in [3.05, 3.63) is 30.1 Å². The number of halogens is 2. The Kier molecular flexibility index (Phi) is 10.1. The van der Waals surface area contributed by atoms with Gasteiger partial charge in [0.05, 0.1) is 6.04 Å². The van der Waals surface area contributed by atoms with Crippen molar-refractivity contribution in [1.29, 1.82) is 0 Å². The monoisotopic (exact) mass is 236 g/mol. The minimum Gasteiger partial charge on any atom is -0.322 e. The number of rotatable bonds is 4. The van der Waals surface area contributed by atoms with Crippen LogP contribution in [0.4, 0.5) is 0 Å². The highest BCUT2D eigenvalue weighted by Gasteiger charge is 1.99. The summed E-state index contributed by atoms with van der Waals surface area (Å²) >= 11 is 0. The molecule has 0 saturated carbocycles. The molecule has 0 radical (unpaired) electrons. The van der Waals surface area contributed by atoms with Gasteiger partial charge in [0, 0.05) is 12.4 Å². The number of aromatic nitrogens is 1. The maximum absolute atomic E-state index is 10.2. The summed E-state index contributed by atoms with van der Waals surface area (Å²) in [6.45, 7) is 0. The van der Waals surface area contributed by atoms with Crippen molar-refractivity contribution < 1.29 is 4.79 Å². The van der Waals surface area contributed by atoms with Crippen LogP contribution in [0.3, 0.4) is 0 Å². The summed E-state index contributed by atoms with van der Waals surface area (Å²) in [5, 5.41) is 0. The number of nitrogens with zero attached hydrogens (tertiary/aromatic N) is 1. The number of pyridine rings is 1. The van der Waals surface area contributed by atoms with Crippen molar-refractivity contribution in [2.24, 2.45) is 5.73 Å². The lowest BCUT2D eigenvalue weighted by Gasteiger charge is -2.02. The molecular formula is C9H14Cl2N2O. The molecule has 0 aliphatic carbocycles. The van der Waals surface area contributed by atoms with E-state index in [1.807, 2.05) is 12.1 Å². The molecule has 0 amide bonds. The van der Waals surface area contributed by atoms with E-state index in [1.165, 1.54) is 0 Å². The van der Waals surface area contributed by atoms with Crippen LogP contribution in [0.5, 0.6) is 0 Å². The smallest absolute Gasteiger partial charge is 0.136 e. The summed E-state index contributed by atoms with van der Waals surface area (Å²) in [7, 11) is 0. The van der Waals surface area contributed by atoms with Crippen LogP contribution in [0.2, 0.25) is 0 Å². The van der Waals surface area contributed by atoms with E-state index in [9.17, 15) is 4.79 Å². The molecule has 1 aromatic rings. The molecule has 14 heavy (non-hydrogen) atoms. The molecule has 0 saturated heterocycles. The summed E-state index contributed by atoms with van der Waals surface area (Å²) in [5.74, 6) is 0. The molecule has 0 aromatic carbocycles. The van der Waals surface area contributed by atoms with Crippen molar-refractivity contribution in [2.75, 3.05) is 0 Å². The van der Waals surface area contributed by atoms with E-state index in [0.717, 1.165) is 18.3 Å². The molecule has 1 heterocycles. The zero-order chi connectivity index (χ0) is 8.81. The number of nitrogens with two attached hydrogens (primary N) is 1. The molecule has 5 heteroatoms. The highest BCUT2D eigenvalue weighted by molar-refractivity contribution is 5.85. The third-order valence-electron chi connectivity index (χ3n) is 1.66. The fraction of sp³-hybridized carbons (Fsp3) is 0.333. The lowest BCUT2D eigenvalue weighted by molar-refractivity contribution is -0.109. The highest BCUT2D eigenvalue weighted by atomic mass is 35.5. The van der Waals surface area contributed by atoms with Crippen molar-refractivity contribution in [1.82, 2.24) is 4.98 Å². The molecule has 0 fully saturated rings. The zero-order valence-electron chi connectivity index (χ0n) is 7.63. The summed E-state index contributed by atoms with van der Waals surface area (Å²) in [6, 6.07) is 3.51. The van der Waals surface area contributed by atoms with Crippen LogP contribution >= 0.6 is 24.8 Å². The molecule has 0 aliphatic heterocycles. The first-order valence-electron chi connectivity index (χ1n) is 3.92. The van der Waals surface area contributed by atoms with Crippen LogP contribution in [0, 0.1) is 0 Å². The zero-order valence-corrected chi connectivity index (χ0v) is 9.26. The van der Waals surface area contributed by atoms with Gasteiger partial charge < -0.3 is 10.5 Å². The van der Waals surface area contributed by atoms with E-state index in [4.69, 9.17) is 5.73 Å². The van der Waals surface area contributed by atoms with Gasteiger partial charge in [0.1, 0.15) is 6.29 Å². The number of hydrogen-bond donors (Lipinski definition) is 1. The van der Waals surface area contributed by atoms with Crippen molar-refractivity contribution in [3.8, 4) is 0 Å². The molecule has 1 rings (SSSR count). The highest BCUT2D eigenvalue weighted by Crippen LogP contribution is 2.00. The van der Waals surface area contributed by atoms with Gasteiger partial charge in [0.25, 0.3) is 0 Å². The molecule has 2 N–H and O–H groups in total. The van der Waals surface area contributed by atoms with E-state index in [0.29, 0.717) is 6.42 Å². The number of carbonyl (C=O) groups excluding carboxylic acids is 1. The van der Waals surface area contributed by atoms with Crippen LogP contribution in [0.25, 0.3) is 0 Å². The van der Waals surface area contributed by atoms with Gasteiger partial charge in [-0.3, -0.25) is 4.98 Å². The quantitative estimate of drug-likeness (QED) is 0.805. The van der Waals surface area contributed by atoms with E-state index in [1.54, 1.807) is 12.4 Å². The van der Waals surface area contributed by atoms with E-state index >= 15 is 0 Å². The summed E-state index contributed by atoms with van der Waals surface area (Å²) in [6.07, 6.45) is 5.79. The third kappa shape index (κ3) is 5.91. The van der Waals surface area contributed by atoms with E-state index in [-0.39, 0.29) is 30.9 Å². The minimum absolute atomic E-state index is 0. The Hall–Kier alpha value is -0.640. The van der Waals surface area contributed by atoms with Gasteiger partial charge in [-0.05, 0) is 24.5 Å². The minimum atomic E-state index is -0.342. The van der Waals surface area contributed by atoms with Crippen LogP contribution in [0.15, 0.2) is 24.5 Å². The van der Waals surface area contributed by atoms with Gasteiger partial charge in [0.2, 0.25) is 0 Å². The Balaban J connectivity index is 0. The second kappa shape index (κ2) is 8.94. The van der Waals surface area contributed by atoms with Gasteiger partial charge in [0.15, 0.2) is 0 Å². The second-order valence-corrected chi connectivity index (χ2v) is 2.70. The molecular weight excluding hydrogens is 223 g/mol. The SMILES string of the molecule is Cl.Cl.NC(C=O)CCc1cccnc1. The number of aryl methyl sites for hydroxylation is 1. The first-order valence-corrected chi connectivity index (χ1v) is 3.92. The Morgan fingerprint density at radius 2 is 2.21 bits per heavy atom. The summed E-state index contributed by atoms with van der Waals surface area (Å²) in [4.78, 5) is 14.1. The average molecular weight is 237 g/mol. The Morgan fingerprint density at radius 1 is 1.50 bits per heavy atom. The molecule has 0 bridgehead atoms. The second-order valence-electron chi connectivity index (χ2n) is 2.70. The Bertz CT molecular complexity index is 244. The van der Waals surface area contributed by atoms with Crippen molar-refractivity contribution >= 4 is 31.1 Å². The predicted molar refractivity (Wildman–Crippen MR) is 61.1 cm³/mol. The van der Waals surface area contributed by atoms with Gasteiger partial charge in [-0.15, -0.1) is 24.8 Å². The maximum Gasteiger partial charge on any atom is 0.136 e. The van der Waals surface area contributed by atoms with Gasteiger partial charge in [-0.2, -0.15) is 0 Å². The maximum atomic E-state index is 10.2. The largest absolute Gasteiger partial charge is 0.322 e. The number of aldehydes is 1. The van der Waals surface area contributed by atoms with Crippen molar-refractivity contribution in [3.63, 3.8) is 0 Å². The summed E-state index contributed by atoms with van der Waals surface area (Å²) < 4.78 is 0. The molecule has 0 aliphatic rings. The lowest BCUT2D eigenvalue weighted by atomic mass is 10.1. The van der Waals surface area contributed by atoms with Crippen molar-refractivity contribution in [2.45, 2.75) is 18.9 Å². The fourth-order valence-electron chi connectivity index (χ4n) is 0.947. The third-order valence-corrected chi connectivity index (χ3v) is 1.66. The molecule has 80 valence electrons. The first kappa shape index (κ1) is 15.8. The summed E-state index contributed by atoms with van der Waals surface area (Å²) in [5.41, 5.74) is 6.55. The topological polar surface area (TPSA) is 56.0 Å². The number of carbonyl (C=O) groups is 1. The van der Waals surface area contributed by atoms with Crippen LogP contribution < -0.4 is 5.73 Å². The number of hydrogen-bond acceptors (Lipinski definition) is 3. The van der Waals surface area contributed by atoms with Gasteiger partial charge >= 0.3 is 0 Å². The molecule has 0 spiro atoms. The Labute approximate surface area is 95.9 Å². The fourth-order valence-corrected chi connectivity index (χ4v) is 0.947. The predicted octanol–water partition coefficient (Wildman–Crippen LogP) is 1.38. The lowest BCUT2D eigenvalue weighted by Crippen LogP contribution is -2.21. The van der Waals surface area contributed by atoms with E-state index < -0.39 is 0 Å². The van der Waals surface area contributed by atoms with Crippen LogP contribution in [-0.2, 0) is 11.2 Å². The Morgan fingerprint density at radius 3 is 2.71 bits per heavy atom. The van der Waals surface area contributed by atoms with Gasteiger partial charge in [-0.1, -0.05) is 6.07 Å². The van der Waals surface area contributed by atoms with Crippen LogP contribution in [-0.4, -0.2) is 17.3 Å². The standard InChI is InChI=1S/C9H12N2O.2ClH/c10-9(7-12)4-3-8-2-1-5-11-6-8;;/h1-2,5-7,9H,3-4,10H2;2*1H. The average Bonchev–Trinajstić information content (AvgIpc) is 2.16. The molecule has 1 aromatic heterocycles.